The van der Waals surface area contributed by atoms with Gasteiger partial charge >= 0.3 is 5.97 Å². The van der Waals surface area contributed by atoms with Crippen LogP contribution >= 0.6 is 11.8 Å². The van der Waals surface area contributed by atoms with Crippen LogP contribution in [0.15, 0.2) is 12.2 Å². The predicted molar refractivity (Wildman–Crippen MR) is 118 cm³/mol. The van der Waals surface area contributed by atoms with E-state index in [1.54, 1.807) is 25.6 Å². The van der Waals surface area contributed by atoms with Gasteiger partial charge in [0.25, 0.3) is 0 Å². The maximum atomic E-state index is 12.4. The molecular formula is C22H40O6S. The van der Waals surface area contributed by atoms with Crippen LogP contribution in [0, 0.1) is 5.92 Å². The Morgan fingerprint density at radius 3 is 2.48 bits per heavy atom. The number of carbonyl (C=O) groups is 2. The second kappa shape index (κ2) is 15.9. The average Bonchev–Trinajstić information content (AvgIpc) is 2.70. The number of aliphatic hydroxyl groups excluding tert-OH is 2. The molecule has 0 bridgehead atoms. The van der Waals surface area contributed by atoms with Crippen LogP contribution in [-0.2, 0) is 19.1 Å². The first-order valence-corrected chi connectivity index (χ1v) is 11.7. The first-order valence-electron chi connectivity index (χ1n) is 10.5. The maximum Gasteiger partial charge on any atom is 0.309 e. The molecule has 0 fully saturated rings. The topological polar surface area (TPSA) is 93.1 Å². The number of hydrogen-bond acceptors (Lipinski definition) is 7. The number of carbonyl (C=O) groups excluding carboxylic acids is 2. The van der Waals surface area contributed by atoms with Crippen molar-refractivity contribution in [3.8, 4) is 0 Å². The summed E-state index contributed by atoms with van der Waals surface area (Å²) in [5.74, 6) is 0.903. The van der Waals surface area contributed by atoms with Crippen LogP contribution in [0.1, 0.15) is 66.2 Å². The van der Waals surface area contributed by atoms with E-state index in [4.69, 9.17) is 14.6 Å². The summed E-state index contributed by atoms with van der Waals surface area (Å²) in [7, 11) is 0. The van der Waals surface area contributed by atoms with E-state index in [9.17, 15) is 14.7 Å². The van der Waals surface area contributed by atoms with E-state index in [1.165, 1.54) is 0 Å². The fourth-order valence-electron chi connectivity index (χ4n) is 2.54. The average molecular weight is 433 g/mol. The van der Waals surface area contributed by atoms with Crippen molar-refractivity contribution < 1.29 is 29.3 Å². The normalized spacial score (nSPS) is 15.4. The standard InChI is InChI=1S/C22H40O6S/c1-6-22(5,20(25)10-8-7-9-12-23)28-14-13-27-21(26)18(4)16-29-15-11-19(24)17(2)3/h18-19,23-24H,2,6-16H2,1,3-5H3. The summed E-state index contributed by atoms with van der Waals surface area (Å²) >= 11 is 1.60. The molecule has 0 saturated heterocycles. The van der Waals surface area contributed by atoms with Gasteiger partial charge in [0, 0.05) is 18.8 Å². The Labute approximate surface area is 180 Å². The molecule has 0 aromatic carbocycles. The Morgan fingerprint density at radius 2 is 1.90 bits per heavy atom. The Morgan fingerprint density at radius 1 is 1.21 bits per heavy atom. The van der Waals surface area contributed by atoms with Crippen molar-refractivity contribution in [1.29, 1.82) is 0 Å². The molecule has 0 heterocycles. The van der Waals surface area contributed by atoms with E-state index >= 15 is 0 Å². The molecule has 3 atom stereocenters. The molecule has 0 spiro atoms. The first-order chi connectivity index (χ1) is 13.7. The second-order valence-electron chi connectivity index (χ2n) is 7.68. The van der Waals surface area contributed by atoms with Crippen LogP contribution in [-0.4, -0.2) is 65.0 Å². The van der Waals surface area contributed by atoms with Crippen molar-refractivity contribution in [2.24, 2.45) is 5.92 Å². The van der Waals surface area contributed by atoms with Gasteiger partial charge in [-0.05, 0) is 45.3 Å². The van der Waals surface area contributed by atoms with E-state index in [2.05, 4.69) is 6.58 Å². The largest absolute Gasteiger partial charge is 0.463 e. The summed E-state index contributed by atoms with van der Waals surface area (Å²) in [5, 5.41) is 18.5. The minimum atomic E-state index is -0.864. The molecule has 0 radical (unpaired) electrons. The zero-order valence-corrected chi connectivity index (χ0v) is 19.4. The lowest BCUT2D eigenvalue weighted by atomic mass is 9.93. The predicted octanol–water partition coefficient (Wildman–Crippen LogP) is 3.53. The molecule has 0 amide bonds. The van der Waals surface area contributed by atoms with Crippen LogP contribution in [0.25, 0.3) is 0 Å². The number of ether oxygens (including phenoxy) is 2. The lowest BCUT2D eigenvalue weighted by Crippen LogP contribution is -2.39. The van der Waals surface area contributed by atoms with Gasteiger partial charge in [-0.25, -0.2) is 0 Å². The van der Waals surface area contributed by atoms with Gasteiger partial charge in [-0.15, -0.1) is 0 Å². The molecule has 0 aliphatic heterocycles. The van der Waals surface area contributed by atoms with Crippen LogP contribution in [0.3, 0.4) is 0 Å². The van der Waals surface area contributed by atoms with Crippen LogP contribution in [0.4, 0.5) is 0 Å². The van der Waals surface area contributed by atoms with Crippen LogP contribution < -0.4 is 0 Å². The van der Waals surface area contributed by atoms with Crippen molar-refractivity contribution in [2.75, 3.05) is 31.3 Å². The van der Waals surface area contributed by atoms with Crippen molar-refractivity contribution in [3.63, 3.8) is 0 Å². The van der Waals surface area contributed by atoms with Crippen molar-refractivity contribution in [3.05, 3.63) is 12.2 Å². The van der Waals surface area contributed by atoms with Gasteiger partial charge in [-0.1, -0.05) is 32.4 Å². The number of ketones is 1. The Bertz CT molecular complexity index is 496. The Hall–Kier alpha value is -0.890. The molecule has 7 heteroatoms. The minimum absolute atomic E-state index is 0.0472. The molecular weight excluding hydrogens is 392 g/mol. The van der Waals surface area contributed by atoms with Crippen molar-refractivity contribution in [1.82, 2.24) is 0 Å². The minimum Gasteiger partial charge on any atom is -0.463 e. The number of unbranched alkanes of at least 4 members (excludes halogenated alkanes) is 2. The molecule has 0 aromatic rings. The fourth-order valence-corrected chi connectivity index (χ4v) is 3.59. The van der Waals surface area contributed by atoms with E-state index in [0.29, 0.717) is 31.4 Å². The number of rotatable bonds is 18. The maximum absolute atomic E-state index is 12.4. The third-order valence-corrected chi connectivity index (χ3v) is 6.21. The second-order valence-corrected chi connectivity index (χ2v) is 8.83. The van der Waals surface area contributed by atoms with Gasteiger partial charge < -0.3 is 19.7 Å². The van der Waals surface area contributed by atoms with Gasteiger partial charge in [-0.3, -0.25) is 9.59 Å². The number of hydrogen-bond donors (Lipinski definition) is 2. The summed E-state index contributed by atoms with van der Waals surface area (Å²) in [5.41, 5.74) is -0.113. The quantitative estimate of drug-likeness (QED) is 0.194. The van der Waals surface area contributed by atoms with Gasteiger partial charge in [-0.2, -0.15) is 11.8 Å². The number of aliphatic hydroxyl groups is 2. The zero-order chi connectivity index (χ0) is 22.3. The molecule has 6 nitrogen and oxygen atoms in total. The number of thioether (sulfide) groups is 1. The molecule has 0 aliphatic carbocycles. The third-order valence-electron chi connectivity index (χ3n) is 4.95. The lowest BCUT2D eigenvalue weighted by Gasteiger charge is -2.27. The summed E-state index contributed by atoms with van der Waals surface area (Å²) in [6.45, 7) is 11.5. The van der Waals surface area contributed by atoms with E-state index in [1.807, 2.05) is 13.8 Å². The number of esters is 1. The zero-order valence-electron chi connectivity index (χ0n) is 18.6. The van der Waals surface area contributed by atoms with Gasteiger partial charge in [0.05, 0.1) is 18.6 Å². The highest BCUT2D eigenvalue weighted by molar-refractivity contribution is 7.99. The molecule has 0 rings (SSSR count). The highest BCUT2D eigenvalue weighted by Crippen LogP contribution is 2.20. The van der Waals surface area contributed by atoms with Crippen LogP contribution in [0.5, 0.6) is 0 Å². The number of Topliss-reactive ketones (excluding diaryl/α,β-unsaturated/α-hetero) is 1. The van der Waals surface area contributed by atoms with Gasteiger partial charge in [0.2, 0.25) is 0 Å². The van der Waals surface area contributed by atoms with Gasteiger partial charge in [0.15, 0.2) is 5.78 Å². The smallest absolute Gasteiger partial charge is 0.309 e. The molecule has 2 N–H and O–H groups in total. The SMILES string of the molecule is C=C(C)C(O)CCSCC(C)C(=O)OCCOC(C)(CC)C(=O)CCCCCO. The highest BCUT2D eigenvalue weighted by Gasteiger charge is 2.31. The molecule has 0 saturated carbocycles. The monoisotopic (exact) mass is 432 g/mol. The molecule has 29 heavy (non-hydrogen) atoms. The van der Waals surface area contributed by atoms with Crippen LogP contribution in [0.2, 0.25) is 0 Å². The van der Waals surface area contributed by atoms with Gasteiger partial charge in [0.1, 0.15) is 12.2 Å². The van der Waals surface area contributed by atoms with Crippen molar-refractivity contribution in [2.45, 2.75) is 77.9 Å². The Kier molecular flexibility index (Phi) is 15.4. The van der Waals surface area contributed by atoms with E-state index in [-0.39, 0.29) is 37.5 Å². The summed E-state index contributed by atoms with van der Waals surface area (Å²) in [6.07, 6.45) is 3.39. The van der Waals surface area contributed by atoms with E-state index < -0.39 is 11.7 Å². The molecule has 3 unspecified atom stereocenters. The third kappa shape index (κ3) is 12.4. The summed E-state index contributed by atoms with van der Waals surface area (Å²) in [6, 6.07) is 0. The first kappa shape index (κ1) is 28.1. The molecule has 0 aromatic heterocycles. The lowest BCUT2D eigenvalue weighted by molar-refractivity contribution is -0.154. The summed E-state index contributed by atoms with van der Waals surface area (Å²) in [4.78, 5) is 24.5. The molecule has 0 aliphatic rings. The highest BCUT2D eigenvalue weighted by atomic mass is 32.2. The van der Waals surface area contributed by atoms with E-state index in [0.717, 1.165) is 24.2 Å². The molecule has 170 valence electrons. The van der Waals surface area contributed by atoms with Crippen molar-refractivity contribution >= 4 is 23.5 Å². The fraction of sp³-hybridized carbons (Fsp3) is 0.818. The Balaban J connectivity index is 4.08. The summed E-state index contributed by atoms with van der Waals surface area (Å²) < 4.78 is 11.0.